The lowest BCUT2D eigenvalue weighted by atomic mass is 10.2. The molecule has 13 heavy (non-hydrogen) atoms. The first-order valence-corrected chi connectivity index (χ1v) is 4.68. The quantitative estimate of drug-likeness (QED) is 0.224. The normalized spacial score (nSPS) is 22.2. The first kappa shape index (κ1) is 10.2. The minimum absolute atomic E-state index is 0.202. The van der Waals surface area contributed by atoms with E-state index in [1.807, 2.05) is 0 Å². The molecule has 5 nitrogen and oxygen atoms in total. The topological polar surface area (TPSA) is 82.9 Å². The maximum atomic E-state index is 5.34. The average molecular weight is 203 g/mol. The second-order valence-corrected chi connectivity index (χ2v) is 3.61. The van der Waals surface area contributed by atoms with Gasteiger partial charge in [0.15, 0.2) is 10.3 Å². The molecule has 1 unspecified atom stereocenters. The molecule has 0 aliphatic carbocycles. The maximum absolute atomic E-state index is 5.34. The molecule has 1 atom stereocenters. The van der Waals surface area contributed by atoms with E-state index in [4.69, 9.17) is 21.1 Å². The number of hydrogen-bond acceptors (Lipinski definition) is 5. The summed E-state index contributed by atoms with van der Waals surface area (Å²) >= 11 is 1.11. The van der Waals surface area contributed by atoms with E-state index in [2.05, 4.69) is 11.7 Å². The van der Waals surface area contributed by atoms with Crippen molar-refractivity contribution in [3.8, 4) is 0 Å². The number of thioether (sulfide) groups is 1. The van der Waals surface area contributed by atoms with Crippen LogP contribution in [-0.4, -0.2) is 24.5 Å². The van der Waals surface area contributed by atoms with E-state index in [-0.39, 0.29) is 11.3 Å². The van der Waals surface area contributed by atoms with Gasteiger partial charge in [-0.05, 0) is 18.3 Å². The standard InChI is InChI=1S/C7H13N3O2S/c1-5(13-7(8)10-9)12-4-6-2-3-11-6/h6H,1-4,9H2,(H2,8,10). The molecule has 0 aromatic heterocycles. The van der Waals surface area contributed by atoms with E-state index >= 15 is 0 Å². The largest absolute Gasteiger partial charge is 0.485 e. The lowest BCUT2D eigenvalue weighted by Gasteiger charge is -2.26. The van der Waals surface area contributed by atoms with Crippen LogP contribution in [0.1, 0.15) is 6.42 Å². The lowest BCUT2D eigenvalue weighted by molar-refractivity contribution is -0.0807. The first-order chi connectivity index (χ1) is 6.22. The molecule has 0 amide bonds. The fourth-order valence-corrected chi connectivity index (χ4v) is 1.19. The summed E-state index contributed by atoms with van der Waals surface area (Å²) in [6.45, 7) is 4.98. The van der Waals surface area contributed by atoms with Crippen LogP contribution in [0.15, 0.2) is 16.8 Å². The minimum atomic E-state index is 0.202. The van der Waals surface area contributed by atoms with Crippen LogP contribution in [0.3, 0.4) is 0 Å². The fourth-order valence-electron chi connectivity index (χ4n) is 0.774. The molecule has 1 saturated heterocycles. The van der Waals surface area contributed by atoms with Crippen LogP contribution >= 0.6 is 11.8 Å². The Morgan fingerprint density at radius 3 is 2.92 bits per heavy atom. The predicted molar refractivity (Wildman–Crippen MR) is 52.8 cm³/mol. The van der Waals surface area contributed by atoms with Gasteiger partial charge in [0, 0.05) is 13.0 Å². The smallest absolute Gasteiger partial charge is 0.185 e. The number of hydrogen-bond donors (Lipinski definition) is 2. The molecule has 6 heteroatoms. The third-order valence-corrected chi connectivity index (χ3v) is 2.23. The van der Waals surface area contributed by atoms with Gasteiger partial charge in [0.25, 0.3) is 0 Å². The second kappa shape index (κ2) is 4.98. The van der Waals surface area contributed by atoms with Crippen molar-refractivity contribution >= 4 is 16.9 Å². The number of rotatable bonds is 4. The van der Waals surface area contributed by atoms with Gasteiger partial charge in [-0.15, -0.1) is 0 Å². The molecule has 4 N–H and O–H groups in total. The Morgan fingerprint density at radius 1 is 1.77 bits per heavy atom. The zero-order valence-corrected chi connectivity index (χ0v) is 8.05. The Balaban J connectivity index is 2.10. The number of hydrazone groups is 1. The summed E-state index contributed by atoms with van der Waals surface area (Å²) < 4.78 is 10.4. The van der Waals surface area contributed by atoms with Crippen molar-refractivity contribution < 1.29 is 9.47 Å². The van der Waals surface area contributed by atoms with E-state index in [9.17, 15) is 0 Å². The van der Waals surface area contributed by atoms with E-state index in [1.54, 1.807) is 0 Å². The molecule has 1 heterocycles. The second-order valence-electron chi connectivity index (χ2n) is 2.53. The van der Waals surface area contributed by atoms with Gasteiger partial charge in [0.05, 0.1) is 6.10 Å². The van der Waals surface area contributed by atoms with E-state index < -0.39 is 0 Å². The van der Waals surface area contributed by atoms with E-state index in [1.165, 1.54) is 0 Å². The summed E-state index contributed by atoms with van der Waals surface area (Å²) in [5.41, 5.74) is 5.34. The summed E-state index contributed by atoms with van der Waals surface area (Å²) in [7, 11) is 0. The number of nitrogens with two attached hydrogens (primary N) is 2. The van der Waals surface area contributed by atoms with Crippen molar-refractivity contribution in [3.05, 3.63) is 11.7 Å². The van der Waals surface area contributed by atoms with Crippen LogP contribution in [0.5, 0.6) is 0 Å². The fraction of sp³-hybridized carbons (Fsp3) is 0.571. The molecule has 0 aromatic carbocycles. The summed E-state index contributed by atoms with van der Waals surface area (Å²) in [5, 5.41) is 4.00. The zero-order valence-electron chi connectivity index (χ0n) is 7.23. The van der Waals surface area contributed by atoms with Crippen LogP contribution in [0.2, 0.25) is 0 Å². The number of ether oxygens (including phenoxy) is 2. The SMILES string of the molecule is C=C(OCC1CCO1)S/C(N)=N\N. The van der Waals surface area contributed by atoms with Crippen molar-refractivity contribution in [1.82, 2.24) is 0 Å². The van der Waals surface area contributed by atoms with Gasteiger partial charge in [-0.1, -0.05) is 0 Å². The molecular formula is C7H13N3O2S. The van der Waals surface area contributed by atoms with E-state index in [0.717, 1.165) is 24.8 Å². The van der Waals surface area contributed by atoms with Crippen molar-refractivity contribution in [2.24, 2.45) is 16.7 Å². The highest BCUT2D eigenvalue weighted by Gasteiger charge is 2.18. The van der Waals surface area contributed by atoms with Crippen LogP contribution < -0.4 is 11.6 Å². The van der Waals surface area contributed by atoms with Gasteiger partial charge in [0.2, 0.25) is 0 Å². The van der Waals surface area contributed by atoms with Crippen LogP contribution in [0, 0.1) is 0 Å². The van der Waals surface area contributed by atoms with Gasteiger partial charge >= 0.3 is 0 Å². The lowest BCUT2D eigenvalue weighted by Crippen LogP contribution is -2.31. The predicted octanol–water partition coefficient (Wildman–Crippen LogP) is 0.185. The molecule has 1 aliphatic rings. The molecule has 1 fully saturated rings. The van der Waals surface area contributed by atoms with Gasteiger partial charge in [-0.25, -0.2) is 0 Å². The zero-order chi connectivity index (χ0) is 9.68. The van der Waals surface area contributed by atoms with Crippen LogP contribution in [0.25, 0.3) is 0 Å². The number of nitrogens with zero attached hydrogens (tertiary/aromatic N) is 1. The Labute approximate surface area is 81.1 Å². The Kier molecular flexibility index (Phi) is 3.91. The molecule has 1 rings (SSSR count). The van der Waals surface area contributed by atoms with Crippen LogP contribution in [-0.2, 0) is 9.47 Å². The minimum Gasteiger partial charge on any atom is -0.485 e. The van der Waals surface area contributed by atoms with Crippen molar-refractivity contribution in [3.63, 3.8) is 0 Å². The Morgan fingerprint density at radius 2 is 2.46 bits per heavy atom. The highest BCUT2D eigenvalue weighted by atomic mass is 32.2. The van der Waals surface area contributed by atoms with Gasteiger partial charge in [-0.3, -0.25) is 0 Å². The van der Waals surface area contributed by atoms with Crippen molar-refractivity contribution in [2.75, 3.05) is 13.2 Å². The maximum Gasteiger partial charge on any atom is 0.185 e. The monoisotopic (exact) mass is 203 g/mol. The van der Waals surface area contributed by atoms with Crippen molar-refractivity contribution in [2.45, 2.75) is 12.5 Å². The highest BCUT2D eigenvalue weighted by Crippen LogP contribution is 2.17. The summed E-state index contributed by atoms with van der Waals surface area (Å²) in [6.07, 6.45) is 1.24. The average Bonchev–Trinajstić information content (AvgIpc) is 2.01. The Hall–Kier alpha value is -0.880. The molecule has 0 aromatic rings. The van der Waals surface area contributed by atoms with Crippen molar-refractivity contribution in [1.29, 1.82) is 0 Å². The molecule has 0 bridgehead atoms. The molecular weight excluding hydrogens is 190 g/mol. The van der Waals surface area contributed by atoms with Gasteiger partial charge < -0.3 is 21.1 Å². The van der Waals surface area contributed by atoms with Crippen LogP contribution in [0.4, 0.5) is 0 Å². The molecule has 0 spiro atoms. The summed E-state index contributed by atoms with van der Waals surface area (Å²) in [6, 6.07) is 0. The molecule has 0 saturated carbocycles. The summed E-state index contributed by atoms with van der Waals surface area (Å²) in [4.78, 5) is 0. The van der Waals surface area contributed by atoms with Gasteiger partial charge in [0.1, 0.15) is 6.61 Å². The molecule has 74 valence electrons. The third-order valence-electron chi connectivity index (χ3n) is 1.57. The van der Waals surface area contributed by atoms with Gasteiger partial charge in [-0.2, -0.15) is 5.10 Å². The summed E-state index contributed by atoms with van der Waals surface area (Å²) in [5.74, 6) is 4.93. The van der Waals surface area contributed by atoms with E-state index in [0.29, 0.717) is 11.7 Å². The third kappa shape index (κ3) is 3.56. The highest BCUT2D eigenvalue weighted by molar-refractivity contribution is 8.16. The molecule has 0 radical (unpaired) electrons. The first-order valence-electron chi connectivity index (χ1n) is 3.87. The number of amidine groups is 1. The Bertz CT molecular complexity index is 216. The molecule has 1 aliphatic heterocycles.